The highest BCUT2D eigenvalue weighted by Gasteiger charge is 2.06. The molecule has 0 spiro atoms. The number of thiazole rings is 1. The maximum absolute atomic E-state index is 5.36. The molecule has 0 fully saturated rings. The Hall–Kier alpha value is -1.75. The fraction of sp³-hybridized carbons (Fsp3) is 0.250. The summed E-state index contributed by atoms with van der Waals surface area (Å²) in [7, 11) is 1.95. The van der Waals surface area contributed by atoms with Gasteiger partial charge in [-0.2, -0.15) is 0 Å². The Kier molecular flexibility index (Phi) is 3.82. The molecule has 17 heavy (non-hydrogen) atoms. The molecule has 4 nitrogen and oxygen atoms in total. The fourth-order valence-electron chi connectivity index (χ4n) is 1.30. The van der Waals surface area contributed by atoms with Crippen molar-refractivity contribution < 1.29 is 9.30 Å². The zero-order chi connectivity index (χ0) is 12.1. The van der Waals surface area contributed by atoms with Gasteiger partial charge in [0.1, 0.15) is 17.6 Å². The molecule has 2 rings (SSSR count). The number of ether oxygens (including phenoxy) is 1. The van der Waals surface area contributed by atoms with Crippen molar-refractivity contribution in [2.75, 3.05) is 6.61 Å². The predicted octanol–water partition coefficient (Wildman–Crippen LogP) is 3.39. The van der Waals surface area contributed by atoms with E-state index in [9.17, 15) is 0 Å². The minimum absolute atomic E-state index is 0.673. The Labute approximate surface area is 104 Å². The van der Waals surface area contributed by atoms with Gasteiger partial charge in [-0.05, 0) is 47.6 Å². The van der Waals surface area contributed by atoms with Crippen LogP contribution < -0.4 is 9.30 Å². The van der Waals surface area contributed by atoms with Gasteiger partial charge in [-0.25, -0.2) is 4.57 Å². The van der Waals surface area contributed by atoms with E-state index in [0.717, 1.165) is 16.6 Å². The van der Waals surface area contributed by atoms with E-state index in [0.29, 0.717) is 6.61 Å². The second-order valence-electron chi connectivity index (χ2n) is 3.42. The van der Waals surface area contributed by atoms with Crippen molar-refractivity contribution in [1.82, 2.24) is 0 Å². The molecule has 88 valence electrons. The third-order valence-electron chi connectivity index (χ3n) is 2.16. The Morgan fingerprint density at radius 1 is 1.24 bits per heavy atom. The number of hydrogen-bond acceptors (Lipinski definition) is 4. The van der Waals surface area contributed by atoms with E-state index in [1.807, 2.05) is 54.4 Å². The molecule has 0 aliphatic rings. The zero-order valence-electron chi connectivity index (χ0n) is 9.83. The van der Waals surface area contributed by atoms with Crippen LogP contribution in [0.15, 0.2) is 46.1 Å². The molecule has 1 heterocycles. The van der Waals surface area contributed by atoms with Crippen LogP contribution in [0.4, 0.5) is 10.8 Å². The molecular formula is C12H14N3OS+. The quantitative estimate of drug-likeness (QED) is 0.603. The lowest BCUT2D eigenvalue weighted by molar-refractivity contribution is -0.654. The van der Waals surface area contributed by atoms with Crippen molar-refractivity contribution in [3.05, 3.63) is 35.8 Å². The lowest BCUT2D eigenvalue weighted by Gasteiger charge is -2.00. The zero-order valence-corrected chi connectivity index (χ0v) is 10.6. The van der Waals surface area contributed by atoms with Gasteiger partial charge in [0.15, 0.2) is 0 Å². The van der Waals surface area contributed by atoms with Crippen LogP contribution in [0.25, 0.3) is 0 Å². The number of aryl methyl sites for hydroxylation is 1. The lowest BCUT2D eigenvalue weighted by Crippen LogP contribution is -2.23. The van der Waals surface area contributed by atoms with Crippen LogP contribution in [0.5, 0.6) is 5.75 Å². The number of rotatable bonds is 4. The van der Waals surface area contributed by atoms with Gasteiger partial charge in [-0.15, -0.1) is 0 Å². The highest BCUT2D eigenvalue weighted by molar-refractivity contribution is 7.12. The Balaban J connectivity index is 2.09. The van der Waals surface area contributed by atoms with E-state index < -0.39 is 0 Å². The maximum atomic E-state index is 5.36. The summed E-state index contributed by atoms with van der Waals surface area (Å²) in [6, 6.07) is 7.57. The van der Waals surface area contributed by atoms with E-state index in [-0.39, 0.29) is 0 Å². The van der Waals surface area contributed by atoms with Crippen LogP contribution >= 0.6 is 11.3 Å². The fourth-order valence-corrected chi connectivity index (χ4v) is 1.98. The molecule has 5 heteroatoms. The molecule has 0 saturated carbocycles. The van der Waals surface area contributed by atoms with Gasteiger partial charge in [0, 0.05) is 5.38 Å². The SMILES string of the molecule is CCOc1ccc(N=Nc2scc[n+]2C)cc1. The molecule has 2 aromatic rings. The number of hydrogen-bond donors (Lipinski definition) is 0. The van der Waals surface area contributed by atoms with Gasteiger partial charge in [0.25, 0.3) is 0 Å². The minimum atomic E-state index is 0.673. The normalized spacial score (nSPS) is 10.9. The molecule has 0 aliphatic heterocycles. The predicted molar refractivity (Wildman–Crippen MR) is 67.3 cm³/mol. The van der Waals surface area contributed by atoms with E-state index in [4.69, 9.17) is 4.74 Å². The van der Waals surface area contributed by atoms with Gasteiger partial charge in [-0.3, -0.25) is 0 Å². The summed E-state index contributed by atoms with van der Waals surface area (Å²) in [6.45, 7) is 2.64. The van der Waals surface area contributed by atoms with E-state index in [1.165, 1.54) is 0 Å². The van der Waals surface area contributed by atoms with Gasteiger partial charge < -0.3 is 4.74 Å². The number of nitrogens with zero attached hydrogens (tertiary/aromatic N) is 3. The van der Waals surface area contributed by atoms with Gasteiger partial charge >= 0.3 is 5.13 Å². The third kappa shape index (κ3) is 3.10. The third-order valence-corrected chi connectivity index (χ3v) is 3.00. The van der Waals surface area contributed by atoms with Crippen LogP contribution in [0.1, 0.15) is 6.92 Å². The smallest absolute Gasteiger partial charge is 0.408 e. The van der Waals surface area contributed by atoms with Crippen molar-refractivity contribution in [2.24, 2.45) is 17.3 Å². The highest BCUT2D eigenvalue weighted by Crippen LogP contribution is 2.21. The van der Waals surface area contributed by atoms with Crippen molar-refractivity contribution in [3.63, 3.8) is 0 Å². The molecule has 1 aromatic carbocycles. The minimum Gasteiger partial charge on any atom is -0.494 e. The highest BCUT2D eigenvalue weighted by atomic mass is 32.1. The largest absolute Gasteiger partial charge is 0.494 e. The van der Waals surface area contributed by atoms with Gasteiger partial charge in [0.05, 0.1) is 18.8 Å². The topological polar surface area (TPSA) is 37.8 Å². The monoisotopic (exact) mass is 248 g/mol. The van der Waals surface area contributed by atoms with E-state index in [2.05, 4.69) is 10.2 Å². The molecule has 0 N–H and O–H groups in total. The van der Waals surface area contributed by atoms with Crippen molar-refractivity contribution in [3.8, 4) is 5.75 Å². The van der Waals surface area contributed by atoms with Crippen LogP contribution in [0.3, 0.4) is 0 Å². The molecule has 0 amide bonds. The molecular weight excluding hydrogens is 234 g/mol. The first kappa shape index (κ1) is 11.7. The molecule has 0 saturated heterocycles. The molecule has 0 radical (unpaired) electrons. The summed E-state index contributed by atoms with van der Waals surface area (Å²) in [6.07, 6.45) is 1.96. The molecule has 0 aliphatic carbocycles. The van der Waals surface area contributed by atoms with Crippen molar-refractivity contribution in [2.45, 2.75) is 6.92 Å². The van der Waals surface area contributed by atoms with Gasteiger partial charge in [0.2, 0.25) is 0 Å². The van der Waals surface area contributed by atoms with Crippen LogP contribution in [0.2, 0.25) is 0 Å². The van der Waals surface area contributed by atoms with Crippen molar-refractivity contribution >= 4 is 22.2 Å². The first-order chi connectivity index (χ1) is 8.29. The molecule has 1 aromatic heterocycles. The number of benzene rings is 1. The average molecular weight is 248 g/mol. The Bertz CT molecular complexity index is 505. The number of azo groups is 1. The standard InChI is InChI=1S/C12H14N3OS/c1-3-16-11-6-4-10(5-7-11)13-14-12-15(2)8-9-17-12/h4-9H,3H2,1-2H3/q+1. The summed E-state index contributed by atoms with van der Waals surface area (Å²) < 4.78 is 7.29. The Morgan fingerprint density at radius 3 is 2.59 bits per heavy atom. The molecule has 0 unspecified atom stereocenters. The van der Waals surface area contributed by atoms with E-state index >= 15 is 0 Å². The van der Waals surface area contributed by atoms with E-state index in [1.54, 1.807) is 11.3 Å². The molecule has 0 atom stereocenters. The second-order valence-corrected chi connectivity index (χ2v) is 4.30. The second kappa shape index (κ2) is 5.54. The summed E-state index contributed by atoms with van der Waals surface area (Å²) in [4.78, 5) is 0. The summed E-state index contributed by atoms with van der Waals surface area (Å²) in [5.74, 6) is 0.855. The van der Waals surface area contributed by atoms with Gasteiger partial charge in [-0.1, -0.05) is 0 Å². The lowest BCUT2D eigenvalue weighted by atomic mass is 10.3. The summed E-state index contributed by atoms with van der Waals surface area (Å²) in [5, 5.41) is 11.2. The first-order valence-corrected chi connectivity index (χ1v) is 6.25. The summed E-state index contributed by atoms with van der Waals surface area (Å²) >= 11 is 1.56. The van der Waals surface area contributed by atoms with Crippen LogP contribution in [-0.2, 0) is 7.05 Å². The average Bonchev–Trinajstić information content (AvgIpc) is 2.75. The first-order valence-electron chi connectivity index (χ1n) is 5.37. The summed E-state index contributed by atoms with van der Waals surface area (Å²) in [5.41, 5.74) is 0.821. The maximum Gasteiger partial charge on any atom is 0.408 e. The van der Waals surface area contributed by atoms with Crippen molar-refractivity contribution in [1.29, 1.82) is 0 Å². The molecule has 0 bridgehead atoms. The Morgan fingerprint density at radius 2 is 2.00 bits per heavy atom. The van der Waals surface area contributed by atoms with Crippen LogP contribution in [0, 0.1) is 0 Å². The number of aromatic nitrogens is 1. The van der Waals surface area contributed by atoms with Crippen LogP contribution in [-0.4, -0.2) is 6.61 Å².